The molecule has 3 heterocycles. The van der Waals surface area contributed by atoms with Crippen molar-refractivity contribution >= 4 is 76.1 Å². The number of benzene rings is 11. The molecule has 0 unspecified atom stereocenters. The molecule has 5 heteroatoms. The van der Waals surface area contributed by atoms with E-state index in [2.05, 4.69) is 223 Å². The second-order valence-corrected chi connectivity index (χ2v) is 17.5. The summed E-state index contributed by atoms with van der Waals surface area (Å²) in [5.41, 5.74) is 12.2. The van der Waals surface area contributed by atoms with Crippen molar-refractivity contribution in [3.05, 3.63) is 231 Å². The van der Waals surface area contributed by atoms with Gasteiger partial charge in [-0.1, -0.05) is 176 Å². The Kier molecular flexibility index (Phi) is 8.52. The zero-order valence-corrected chi connectivity index (χ0v) is 36.6. The van der Waals surface area contributed by atoms with Crippen molar-refractivity contribution in [2.75, 3.05) is 0 Å². The third-order valence-corrected chi connectivity index (χ3v) is 13.7. The van der Waals surface area contributed by atoms with Gasteiger partial charge in [0.2, 0.25) is 0 Å². The molecule has 0 saturated heterocycles. The van der Waals surface area contributed by atoms with E-state index in [4.69, 9.17) is 19.4 Å². The molecule has 0 radical (unpaired) electrons. The van der Waals surface area contributed by atoms with E-state index in [0.717, 1.165) is 66.6 Å². The fourth-order valence-corrected chi connectivity index (χ4v) is 10.4. The molecular formula is C63H38N4O. The van der Waals surface area contributed by atoms with Gasteiger partial charge in [0, 0.05) is 49.5 Å². The van der Waals surface area contributed by atoms with Crippen LogP contribution in [0.5, 0.6) is 0 Å². The summed E-state index contributed by atoms with van der Waals surface area (Å²) in [4.78, 5) is 15.6. The van der Waals surface area contributed by atoms with Crippen molar-refractivity contribution in [3.63, 3.8) is 0 Å². The van der Waals surface area contributed by atoms with Crippen molar-refractivity contribution in [3.8, 4) is 62.1 Å². The summed E-state index contributed by atoms with van der Waals surface area (Å²) in [5, 5.41) is 12.2. The minimum absolute atomic E-state index is 0.597. The van der Waals surface area contributed by atoms with Crippen LogP contribution in [-0.2, 0) is 0 Å². The van der Waals surface area contributed by atoms with E-state index < -0.39 is 0 Å². The molecule has 0 aliphatic heterocycles. The number of para-hydroxylation sites is 4. The fourth-order valence-electron chi connectivity index (χ4n) is 10.4. The SMILES string of the molecule is c1cc(-c2ccc3c4ccccc4c4ccccc4c3c2)cc(-c2nc(-c3ccc(-c4cccc5c4oc4ccccc45)cc3)nc(-c3ccc(-n4c5ccccc5c5ccccc54)cc3)n2)c1. The Balaban J connectivity index is 0.894. The van der Waals surface area contributed by atoms with Gasteiger partial charge in [-0.2, -0.15) is 0 Å². The smallest absolute Gasteiger partial charge is 0.164 e. The molecule has 14 rings (SSSR count). The lowest BCUT2D eigenvalue weighted by Crippen LogP contribution is -2.01. The van der Waals surface area contributed by atoms with Crippen LogP contribution in [0.25, 0.3) is 138 Å². The molecule has 0 saturated carbocycles. The number of hydrogen-bond donors (Lipinski definition) is 0. The highest BCUT2D eigenvalue weighted by Gasteiger charge is 2.18. The molecule has 0 amide bonds. The van der Waals surface area contributed by atoms with E-state index in [-0.39, 0.29) is 0 Å². The third-order valence-electron chi connectivity index (χ3n) is 13.7. The Morgan fingerprint density at radius 2 is 0.721 bits per heavy atom. The maximum absolute atomic E-state index is 6.42. The number of nitrogens with zero attached hydrogens (tertiary/aromatic N) is 4. The van der Waals surface area contributed by atoms with Gasteiger partial charge < -0.3 is 8.98 Å². The van der Waals surface area contributed by atoms with Gasteiger partial charge in [-0.3, -0.25) is 0 Å². The highest BCUT2D eigenvalue weighted by molar-refractivity contribution is 6.25. The van der Waals surface area contributed by atoms with Crippen LogP contribution in [0.15, 0.2) is 235 Å². The van der Waals surface area contributed by atoms with Crippen molar-refractivity contribution in [2.24, 2.45) is 0 Å². The zero-order chi connectivity index (χ0) is 44.7. The van der Waals surface area contributed by atoms with Crippen LogP contribution in [0.2, 0.25) is 0 Å². The maximum Gasteiger partial charge on any atom is 0.164 e. The van der Waals surface area contributed by atoms with Crippen LogP contribution in [0.1, 0.15) is 0 Å². The van der Waals surface area contributed by atoms with Gasteiger partial charge in [0.25, 0.3) is 0 Å². The van der Waals surface area contributed by atoms with Gasteiger partial charge >= 0.3 is 0 Å². The first-order chi connectivity index (χ1) is 33.7. The van der Waals surface area contributed by atoms with E-state index in [9.17, 15) is 0 Å². The van der Waals surface area contributed by atoms with Gasteiger partial charge in [-0.25, -0.2) is 15.0 Å². The van der Waals surface area contributed by atoms with Crippen molar-refractivity contribution in [2.45, 2.75) is 0 Å². The lowest BCUT2D eigenvalue weighted by molar-refractivity contribution is 0.670. The number of fused-ring (bicyclic) bond motifs is 12. The maximum atomic E-state index is 6.42. The highest BCUT2D eigenvalue weighted by Crippen LogP contribution is 2.40. The van der Waals surface area contributed by atoms with E-state index in [1.807, 2.05) is 12.1 Å². The first kappa shape index (κ1) is 38.1. The average Bonchev–Trinajstić information content (AvgIpc) is 3.97. The summed E-state index contributed by atoms with van der Waals surface area (Å²) < 4.78 is 8.75. The summed E-state index contributed by atoms with van der Waals surface area (Å²) in [6, 6.07) is 81.6. The van der Waals surface area contributed by atoms with Gasteiger partial charge in [-0.15, -0.1) is 0 Å². The Morgan fingerprint density at radius 1 is 0.279 bits per heavy atom. The fraction of sp³-hybridized carbons (Fsp3) is 0. The summed E-state index contributed by atoms with van der Waals surface area (Å²) in [7, 11) is 0. The molecule has 0 atom stereocenters. The van der Waals surface area contributed by atoms with Crippen LogP contribution in [0.3, 0.4) is 0 Å². The first-order valence-electron chi connectivity index (χ1n) is 23.0. The van der Waals surface area contributed by atoms with Gasteiger partial charge in [0.05, 0.1) is 11.0 Å². The highest BCUT2D eigenvalue weighted by atomic mass is 16.3. The number of rotatable bonds is 6. The Labute approximate surface area is 390 Å². The molecule has 0 aliphatic carbocycles. The Hall–Kier alpha value is -9.19. The number of aromatic nitrogens is 4. The monoisotopic (exact) mass is 866 g/mol. The molecular weight excluding hydrogens is 829 g/mol. The summed E-state index contributed by atoms with van der Waals surface area (Å²) >= 11 is 0. The number of furan rings is 1. The molecule has 3 aromatic heterocycles. The largest absolute Gasteiger partial charge is 0.455 e. The zero-order valence-electron chi connectivity index (χ0n) is 36.6. The molecule has 5 nitrogen and oxygen atoms in total. The quantitative estimate of drug-likeness (QED) is 0.156. The Morgan fingerprint density at radius 3 is 1.37 bits per heavy atom. The van der Waals surface area contributed by atoms with Crippen LogP contribution < -0.4 is 0 Å². The van der Waals surface area contributed by atoms with E-state index in [1.54, 1.807) is 0 Å². The molecule has 0 fully saturated rings. The van der Waals surface area contributed by atoms with Gasteiger partial charge in [0.15, 0.2) is 17.5 Å². The molecule has 316 valence electrons. The predicted octanol–water partition coefficient (Wildman–Crippen LogP) is 16.7. The lowest BCUT2D eigenvalue weighted by Gasteiger charge is -2.13. The van der Waals surface area contributed by atoms with E-state index in [1.165, 1.54) is 54.1 Å². The Bertz CT molecular complexity index is 4230. The molecule has 68 heavy (non-hydrogen) atoms. The minimum Gasteiger partial charge on any atom is -0.455 e. The molecule has 0 N–H and O–H groups in total. The van der Waals surface area contributed by atoms with Crippen LogP contribution in [0, 0.1) is 0 Å². The second kappa shape index (κ2) is 15.2. The normalized spacial score (nSPS) is 11.8. The number of hydrogen-bond acceptors (Lipinski definition) is 4. The topological polar surface area (TPSA) is 56.7 Å². The van der Waals surface area contributed by atoms with Crippen LogP contribution in [-0.4, -0.2) is 19.5 Å². The lowest BCUT2D eigenvalue weighted by atomic mass is 9.92. The summed E-state index contributed by atoms with van der Waals surface area (Å²) in [5.74, 6) is 1.80. The average molecular weight is 867 g/mol. The van der Waals surface area contributed by atoms with Crippen molar-refractivity contribution < 1.29 is 4.42 Å². The molecule has 14 aromatic rings. The van der Waals surface area contributed by atoms with E-state index >= 15 is 0 Å². The summed E-state index contributed by atoms with van der Waals surface area (Å²) in [6.07, 6.45) is 0. The first-order valence-corrected chi connectivity index (χ1v) is 23.0. The molecule has 0 spiro atoms. The van der Waals surface area contributed by atoms with Crippen LogP contribution in [0.4, 0.5) is 0 Å². The van der Waals surface area contributed by atoms with Crippen molar-refractivity contribution in [1.82, 2.24) is 19.5 Å². The van der Waals surface area contributed by atoms with Gasteiger partial charge in [-0.05, 0) is 104 Å². The summed E-state index contributed by atoms with van der Waals surface area (Å²) in [6.45, 7) is 0. The minimum atomic E-state index is 0.597. The van der Waals surface area contributed by atoms with Crippen LogP contribution >= 0.6 is 0 Å². The molecule has 0 bridgehead atoms. The second-order valence-electron chi connectivity index (χ2n) is 17.5. The van der Waals surface area contributed by atoms with Gasteiger partial charge in [0.1, 0.15) is 11.2 Å². The third kappa shape index (κ3) is 6.06. The molecule has 11 aromatic carbocycles. The predicted molar refractivity (Wildman–Crippen MR) is 281 cm³/mol. The van der Waals surface area contributed by atoms with Crippen molar-refractivity contribution in [1.29, 1.82) is 0 Å². The molecule has 0 aliphatic rings. The van der Waals surface area contributed by atoms with E-state index in [0.29, 0.717) is 17.5 Å². The standard InChI is InChI=1S/C63H38N4O/c1-2-17-49-47(15-1)48-16-3-4-18-50(48)56-38-43(33-36-51(49)56)42-13-11-14-44(37-42)63-65-61(40-29-27-39(28-30-40)46-22-12-23-55-54-21-7-10-26-59(54)68-60(46)55)64-62(66-63)41-31-34-45(35-32-41)67-57-24-8-5-19-52(57)53-20-6-9-25-58(53)67/h1-38H.